The first-order valence-corrected chi connectivity index (χ1v) is 10.1. The molecule has 0 spiro atoms. The highest BCUT2D eigenvalue weighted by molar-refractivity contribution is 6.29. The molecule has 0 saturated carbocycles. The number of halogens is 1. The van der Waals surface area contributed by atoms with Gasteiger partial charge in [-0.15, -0.1) is 0 Å². The number of hydrogen-bond acceptors (Lipinski definition) is 4. The monoisotopic (exact) mass is 430 g/mol. The standard InChI is InChI=1S/C25H19ClN2O3/c26-23-13-12-17(15-27-23)16-31-25(30)21-10-3-4-11-22(21)28-24(29)14-19-8-5-7-18-6-1-2-9-20(18)19/h1-13,15H,14,16H2,(H,28,29). The predicted molar refractivity (Wildman–Crippen MR) is 121 cm³/mol. The normalized spacial score (nSPS) is 10.6. The molecular weight excluding hydrogens is 412 g/mol. The van der Waals surface area contributed by atoms with Gasteiger partial charge in [0.15, 0.2) is 0 Å². The average Bonchev–Trinajstić information content (AvgIpc) is 2.79. The number of aromatic nitrogens is 1. The van der Waals surface area contributed by atoms with E-state index in [1.54, 1.807) is 42.6 Å². The molecule has 0 bridgehead atoms. The Labute approximate surface area is 184 Å². The summed E-state index contributed by atoms with van der Waals surface area (Å²) in [6, 6.07) is 24.0. The molecule has 6 heteroatoms. The van der Waals surface area contributed by atoms with Crippen LogP contribution in [0.5, 0.6) is 0 Å². The lowest BCUT2D eigenvalue weighted by Crippen LogP contribution is -2.17. The number of amides is 1. The highest BCUT2D eigenvalue weighted by atomic mass is 35.5. The number of carbonyl (C=O) groups excluding carboxylic acids is 2. The second-order valence-electron chi connectivity index (χ2n) is 6.97. The Bertz CT molecular complexity index is 1230. The Kier molecular flexibility index (Phi) is 6.24. The van der Waals surface area contributed by atoms with Gasteiger partial charge in [0, 0.05) is 11.8 Å². The Hall–Kier alpha value is -3.70. The number of esters is 1. The van der Waals surface area contributed by atoms with Crippen molar-refractivity contribution in [2.24, 2.45) is 0 Å². The highest BCUT2D eigenvalue weighted by Crippen LogP contribution is 2.21. The molecule has 5 nitrogen and oxygen atoms in total. The van der Waals surface area contributed by atoms with Crippen LogP contribution in [0, 0.1) is 0 Å². The first-order chi connectivity index (χ1) is 15.1. The van der Waals surface area contributed by atoms with Crippen LogP contribution in [0.2, 0.25) is 5.15 Å². The van der Waals surface area contributed by atoms with Crippen molar-refractivity contribution in [1.29, 1.82) is 0 Å². The minimum atomic E-state index is -0.531. The van der Waals surface area contributed by atoms with E-state index in [0.717, 1.165) is 21.9 Å². The first-order valence-electron chi connectivity index (χ1n) is 9.73. The zero-order chi connectivity index (χ0) is 21.6. The summed E-state index contributed by atoms with van der Waals surface area (Å²) in [7, 11) is 0. The molecule has 0 aliphatic carbocycles. The number of fused-ring (bicyclic) bond motifs is 1. The molecular formula is C25H19ClN2O3. The predicted octanol–water partition coefficient (Wildman–Crippen LogP) is 5.43. The smallest absolute Gasteiger partial charge is 0.340 e. The zero-order valence-corrected chi connectivity index (χ0v) is 17.3. The van der Waals surface area contributed by atoms with Crippen LogP contribution in [0.4, 0.5) is 5.69 Å². The quantitative estimate of drug-likeness (QED) is 0.327. The molecule has 0 radical (unpaired) electrons. The van der Waals surface area contributed by atoms with Crippen LogP contribution in [-0.4, -0.2) is 16.9 Å². The summed E-state index contributed by atoms with van der Waals surface area (Å²) in [6.45, 7) is 0.0568. The summed E-state index contributed by atoms with van der Waals surface area (Å²) in [4.78, 5) is 29.3. The lowest BCUT2D eigenvalue weighted by molar-refractivity contribution is -0.115. The number of hydrogen-bond donors (Lipinski definition) is 1. The Balaban J connectivity index is 1.45. The van der Waals surface area contributed by atoms with Gasteiger partial charge in [0.1, 0.15) is 11.8 Å². The number of nitrogens with one attached hydrogen (secondary N) is 1. The summed E-state index contributed by atoms with van der Waals surface area (Å²) >= 11 is 5.77. The molecule has 0 saturated heterocycles. The van der Waals surface area contributed by atoms with Gasteiger partial charge in [0.2, 0.25) is 5.91 Å². The molecule has 0 aliphatic heterocycles. The van der Waals surface area contributed by atoms with Gasteiger partial charge in [-0.2, -0.15) is 0 Å². The Morgan fingerprint density at radius 2 is 1.68 bits per heavy atom. The third-order valence-electron chi connectivity index (χ3n) is 4.81. The number of para-hydroxylation sites is 1. The number of benzene rings is 3. The van der Waals surface area contributed by atoms with Gasteiger partial charge in [-0.25, -0.2) is 9.78 Å². The minimum Gasteiger partial charge on any atom is -0.457 e. The van der Waals surface area contributed by atoms with E-state index in [4.69, 9.17) is 16.3 Å². The molecule has 1 N–H and O–H groups in total. The van der Waals surface area contributed by atoms with Gasteiger partial charge in [-0.1, -0.05) is 72.3 Å². The van der Waals surface area contributed by atoms with Crippen molar-refractivity contribution in [2.75, 3.05) is 5.32 Å². The van der Waals surface area contributed by atoms with Crippen molar-refractivity contribution >= 4 is 39.9 Å². The minimum absolute atomic E-state index is 0.0568. The third-order valence-corrected chi connectivity index (χ3v) is 5.03. The van der Waals surface area contributed by atoms with Gasteiger partial charge in [0.25, 0.3) is 0 Å². The van der Waals surface area contributed by atoms with E-state index in [-0.39, 0.29) is 24.5 Å². The van der Waals surface area contributed by atoms with Crippen LogP contribution in [0.3, 0.4) is 0 Å². The van der Waals surface area contributed by atoms with Gasteiger partial charge in [0.05, 0.1) is 17.7 Å². The Morgan fingerprint density at radius 1 is 0.903 bits per heavy atom. The molecule has 154 valence electrons. The maximum Gasteiger partial charge on any atom is 0.340 e. The van der Waals surface area contributed by atoms with Crippen LogP contribution in [-0.2, 0) is 22.6 Å². The number of anilines is 1. The molecule has 31 heavy (non-hydrogen) atoms. The summed E-state index contributed by atoms with van der Waals surface area (Å²) in [5.74, 6) is -0.741. The van der Waals surface area contributed by atoms with Gasteiger partial charge in [-0.05, 0) is 34.5 Å². The number of nitrogens with zero attached hydrogens (tertiary/aromatic N) is 1. The summed E-state index contributed by atoms with van der Waals surface area (Å²) in [6.07, 6.45) is 1.74. The second kappa shape index (κ2) is 9.41. The van der Waals surface area contributed by atoms with E-state index in [1.165, 1.54) is 0 Å². The summed E-state index contributed by atoms with van der Waals surface area (Å²) < 4.78 is 5.38. The van der Waals surface area contributed by atoms with Crippen molar-refractivity contribution in [3.63, 3.8) is 0 Å². The molecule has 0 aliphatic rings. The Morgan fingerprint density at radius 3 is 2.52 bits per heavy atom. The first kappa shape index (κ1) is 20.6. The second-order valence-corrected chi connectivity index (χ2v) is 7.36. The van der Waals surface area contributed by atoms with E-state index in [0.29, 0.717) is 10.8 Å². The maximum atomic E-state index is 12.7. The fourth-order valence-electron chi connectivity index (χ4n) is 3.30. The van der Waals surface area contributed by atoms with E-state index >= 15 is 0 Å². The van der Waals surface area contributed by atoms with Crippen LogP contribution in [0.25, 0.3) is 10.8 Å². The molecule has 4 rings (SSSR count). The lowest BCUT2D eigenvalue weighted by atomic mass is 10.0. The molecule has 0 fully saturated rings. The number of pyridine rings is 1. The molecule has 4 aromatic rings. The van der Waals surface area contributed by atoms with Crippen LogP contribution in [0.15, 0.2) is 85.1 Å². The fourth-order valence-corrected chi connectivity index (χ4v) is 3.41. The van der Waals surface area contributed by atoms with Crippen molar-refractivity contribution in [2.45, 2.75) is 13.0 Å². The van der Waals surface area contributed by atoms with Crippen LogP contribution in [0.1, 0.15) is 21.5 Å². The number of carbonyl (C=O) groups is 2. The largest absolute Gasteiger partial charge is 0.457 e. The molecule has 3 aromatic carbocycles. The highest BCUT2D eigenvalue weighted by Gasteiger charge is 2.15. The van der Waals surface area contributed by atoms with Crippen molar-refractivity contribution < 1.29 is 14.3 Å². The number of rotatable bonds is 6. The van der Waals surface area contributed by atoms with Crippen LogP contribution >= 0.6 is 11.6 Å². The topological polar surface area (TPSA) is 68.3 Å². The fraction of sp³-hybridized carbons (Fsp3) is 0.0800. The van der Waals surface area contributed by atoms with E-state index in [1.807, 2.05) is 42.5 Å². The molecule has 1 aromatic heterocycles. The summed E-state index contributed by atoms with van der Waals surface area (Å²) in [5, 5.41) is 5.32. The molecule has 0 unspecified atom stereocenters. The lowest BCUT2D eigenvalue weighted by Gasteiger charge is -2.12. The maximum absolute atomic E-state index is 12.7. The van der Waals surface area contributed by atoms with Gasteiger partial charge in [-0.3, -0.25) is 4.79 Å². The van der Waals surface area contributed by atoms with Crippen LogP contribution < -0.4 is 5.32 Å². The van der Waals surface area contributed by atoms with Gasteiger partial charge < -0.3 is 10.1 Å². The van der Waals surface area contributed by atoms with Crippen molar-refractivity contribution in [1.82, 2.24) is 4.98 Å². The van der Waals surface area contributed by atoms with E-state index < -0.39 is 5.97 Å². The third kappa shape index (κ3) is 5.08. The van der Waals surface area contributed by atoms with E-state index in [2.05, 4.69) is 10.3 Å². The van der Waals surface area contributed by atoms with E-state index in [9.17, 15) is 9.59 Å². The van der Waals surface area contributed by atoms with Gasteiger partial charge >= 0.3 is 5.97 Å². The number of ether oxygens (including phenoxy) is 1. The average molecular weight is 431 g/mol. The zero-order valence-electron chi connectivity index (χ0n) is 16.5. The SMILES string of the molecule is O=C(Cc1cccc2ccccc12)Nc1ccccc1C(=O)OCc1ccc(Cl)nc1. The molecule has 0 atom stereocenters. The molecule has 1 amide bonds. The van der Waals surface area contributed by atoms with Crippen molar-refractivity contribution in [3.8, 4) is 0 Å². The van der Waals surface area contributed by atoms with Crippen molar-refractivity contribution in [3.05, 3.63) is 107 Å². The summed E-state index contributed by atoms with van der Waals surface area (Å²) in [5.41, 5.74) is 2.34. The molecule has 1 heterocycles.